The Hall–Kier alpha value is -0.980. The lowest BCUT2D eigenvalue weighted by molar-refractivity contribution is 1.32. The van der Waals surface area contributed by atoms with Gasteiger partial charge in [-0.15, -0.1) is 0 Å². The number of hydrogen-bond donors (Lipinski definition) is 1. The molecule has 0 unspecified atom stereocenters. The van der Waals surface area contributed by atoms with E-state index in [0.29, 0.717) is 0 Å². The van der Waals surface area contributed by atoms with E-state index in [1.807, 2.05) is 25.2 Å². The molecule has 8 heavy (non-hydrogen) atoms. The Labute approximate surface area is 50.2 Å². The van der Waals surface area contributed by atoms with Gasteiger partial charge in [-0.25, -0.2) is 0 Å². The largest absolute Gasteiger partial charge is 0.402 e. The first-order valence-corrected chi connectivity index (χ1v) is 2.49. The summed E-state index contributed by atoms with van der Waals surface area (Å²) in [7, 11) is 0. The quantitative estimate of drug-likeness (QED) is 0.535. The molecule has 0 aromatic rings. The first-order valence-electron chi connectivity index (χ1n) is 2.49. The van der Waals surface area contributed by atoms with Gasteiger partial charge in [0.05, 0.1) is 0 Å². The second kappa shape index (κ2) is 4.19. The summed E-state index contributed by atoms with van der Waals surface area (Å²) in [6.07, 6.45) is 7.21. The fourth-order valence-corrected chi connectivity index (χ4v) is 0.286. The lowest BCUT2D eigenvalue weighted by atomic mass is 10.4. The minimum atomic E-state index is 0.808. The zero-order chi connectivity index (χ0) is 6.41. The van der Waals surface area contributed by atoms with Crippen LogP contribution in [0.15, 0.2) is 36.6 Å². The molecule has 44 valence electrons. The highest BCUT2D eigenvalue weighted by Gasteiger charge is 1.66. The van der Waals surface area contributed by atoms with Crippen molar-refractivity contribution in [3.05, 3.63) is 36.6 Å². The fourth-order valence-electron chi connectivity index (χ4n) is 0.286. The highest BCUT2D eigenvalue weighted by atomic mass is 14.5. The van der Waals surface area contributed by atoms with Gasteiger partial charge in [-0.05, 0) is 13.0 Å². The van der Waals surface area contributed by atoms with E-state index in [0.717, 1.165) is 5.70 Å². The SMILES string of the molecule is C=CC=C/C=C(\C)N. The van der Waals surface area contributed by atoms with E-state index in [4.69, 9.17) is 5.73 Å². The Kier molecular flexibility index (Phi) is 3.67. The molecule has 0 aliphatic rings. The molecule has 1 nitrogen and oxygen atoms in total. The molecule has 2 N–H and O–H groups in total. The van der Waals surface area contributed by atoms with Crippen molar-refractivity contribution in [1.29, 1.82) is 0 Å². The molecule has 0 bridgehead atoms. The van der Waals surface area contributed by atoms with Crippen molar-refractivity contribution in [2.75, 3.05) is 0 Å². The number of hydrogen-bond acceptors (Lipinski definition) is 1. The normalized spacial score (nSPS) is 12.4. The maximum absolute atomic E-state index is 5.31. The maximum atomic E-state index is 5.31. The summed E-state index contributed by atoms with van der Waals surface area (Å²) in [4.78, 5) is 0. The predicted molar refractivity (Wildman–Crippen MR) is 37.3 cm³/mol. The Morgan fingerprint density at radius 3 is 2.50 bits per heavy atom. The van der Waals surface area contributed by atoms with E-state index < -0.39 is 0 Å². The number of allylic oxidation sites excluding steroid dienone is 5. The van der Waals surface area contributed by atoms with Gasteiger partial charge in [0.25, 0.3) is 0 Å². The van der Waals surface area contributed by atoms with Gasteiger partial charge in [0, 0.05) is 5.70 Å². The second-order valence-corrected chi connectivity index (χ2v) is 1.53. The average molecular weight is 109 g/mol. The highest BCUT2D eigenvalue weighted by molar-refractivity contribution is 5.11. The molecule has 0 aliphatic carbocycles. The molecule has 0 atom stereocenters. The molecule has 0 heterocycles. The van der Waals surface area contributed by atoms with Crippen molar-refractivity contribution in [3.8, 4) is 0 Å². The summed E-state index contributed by atoms with van der Waals surface area (Å²) in [6, 6.07) is 0. The van der Waals surface area contributed by atoms with Crippen molar-refractivity contribution in [2.45, 2.75) is 6.92 Å². The molecule has 0 radical (unpaired) electrons. The van der Waals surface area contributed by atoms with Crippen molar-refractivity contribution in [1.82, 2.24) is 0 Å². The maximum Gasteiger partial charge on any atom is 0.00488 e. The lowest BCUT2D eigenvalue weighted by Crippen LogP contribution is -1.87. The Morgan fingerprint density at radius 1 is 1.50 bits per heavy atom. The zero-order valence-electron chi connectivity index (χ0n) is 5.09. The molecule has 0 saturated carbocycles. The van der Waals surface area contributed by atoms with E-state index in [2.05, 4.69) is 6.58 Å². The van der Waals surface area contributed by atoms with Crippen molar-refractivity contribution >= 4 is 0 Å². The minimum Gasteiger partial charge on any atom is -0.402 e. The first kappa shape index (κ1) is 7.02. The third-order valence-corrected chi connectivity index (χ3v) is 0.606. The summed E-state index contributed by atoms with van der Waals surface area (Å²) < 4.78 is 0. The van der Waals surface area contributed by atoms with Crippen LogP contribution in [0.25, 0.3) is 0 Å². The monoisotopic (exact) mass is 109 g/mol. The first-order chi connectivity index (χ1) is 3.77. The molecule has 0 aromatic heterocycles. The molecule has 0 rings (SSSR count). The lowest BCUT2D eigenvalue weighted by Gasteiger charge is -1.80. The van der Waals surface area contributed by atoms with Crippen LogP contribution < -0.4 is 5.73 Å². The molecule has 0 spiro atoms. The van der Waals surface area contributed by atoms with Crippen LogP contribution in [0.2, 0.25) is 0 Å². The molecular formula is C7H11N. The Bertz CT molecular complexity index is 116. The molecule has 0 saturated heterocycles. The topological polar surface area (TPSA) is 26.0 Å². The average Bonchev–Trinajstić information content (AvgIpc) is 1.66. The molecular weight excluding hydrogens is 98.1 g/mol. The van der Waals surface area contributed by atoms with Crippen molar-refractivity contribution < 1.29 is 0 Å². The Balaban J connectivity index is 3.57. The van der Waals surface area contributed by atoms with Gasteiger partial charge in [-0.1, -0.05) is 24.8 Å². The zero-order valence-corrected chi connectivity index (χ0v) is 5.09. The molecule has 0 aromatic carbocycles. The second-order valence-electron chi connectivity index (χ2n) is 1.53. The van der Waals surface area contributed by atoms with Gasteiger partial charge >= 0.3 is 0 Å². The van der Waals surface area contributed by atoms with Gasteiger partial charge in [0.15, 0.2) is 0 Å². The molecule has 0 fully saturated rings. The van der Waals surface area contributed by atoms with Gasteiger partial charge in [-0.3, -0.25) is 0 Å². The van der Waals surface area contributed by atoms with E-state index in [1.165, 1.54) is 0 Å². The van der Waals surface area contributed by atoms with Gasteiger partial charge in [-0.2, -0.15) is 0 Å². The van der Waals surface area contributed by atoms with E-state index in [1.54, 1.807) is 6.08 Å². The summed E-state index contributed by atoms with van der Waals surface area (Å²) in [6.45, 7) is 5.34. The molecule has 1 heteroatoms. The number of nitrogens with two attached hydrogens (primary N) is 1. The fraction of sp³-hybridized carbons (Fsp3) is 0.143. The van der Waals surface area contributed by atoms with Crippen LogP contribution in [-0.2, 0) is 0 Å². The van der Waals surface area contributed by atoms with Crippen LogP contribution in [-0.4, -0.2) is 0 Å². The van der Waals surface area contributed by atoms with E-state index >= 15 is 0 Å². The predicted octanol–water partition coefficient (Wildman–Crippen LogP) is 1.59. The summed E-state index contributed by atoms with van der Waals surface area (Å²) in [5, 5.41) is 0. The van der Waals surface area contributed by atoms with Crippen molar-refractivity contribution in [3.63, 3.8) is 0 Å². The number of rotatable bonds is 2. The van der Waals surface area contributed by atoms with Gasteiger partial charge in [0.1, 0.15) is 0 Å². The Morgan fingerprint density at radius 2 is 2.12 bits per heavy atom. The van der Waals surface area contributed by atoms with Crippen LogP contribution in [0.5, 0.6) is 0 Å². The van der Waals surface area contributed by atoms with E-state index in [-0.39, 0.29) is 0 Å². The third kappa shape index (κ3) is 5.02. The summed E-state index contributed by atoms with van der Waals surface area (Å²) >= 11 is 0. The highest BCUT2D eigenvalue weighted by Crippen LogP contribution is 1.80. The van der Waals surface area contributed by atoms with Crippen LogP contribution >= 0.6 is 0 Å². The van der Waals surface area contributed by atoms with E-state index in [9.17, 15) is 0 Å². The van der Waals surface area contributed by atoms with Crippen LogP contribution in [0.3, 0.4) is 0 Å². The standard InChI is InChI=1S/C7H11N/c1-3-4-5-6-7(2)8/h3-6H,1,8H2,2H3/b5-4?,7-6+. The van der Waals surface area contributed by atoms with Gasteiger partial charge in [0.2, 0.25) is 0 Å². The minimum absolute atomic E-state index is 0.808. The van der Waals surface area contributed by atoms with Gasteiger partial charge < -0.3 is 5.73 Å². The van der Waals surface area contributed by atoms with Crippen LogP contribution in [0, 0.1) is 0 Å². The van der Waals surface area contributed by atoms with Crippen LogP contribution in [0.1, 0.15) is 6.92 Å². The molecule has 0 aliphatic heterocycles. The summed E-state index contributed by atoms with van der Waals surface area (Å²) in [5.74, 6) is 0. The summed E-state index contributed by atoms with van der Waals surface area (Å²) in [5.41, 5.74) is 6.12. The third-order valence-electron chi connectivity index (χ3n) is 0.606. The molecule has 0 amide bonds. The van der Waals surface area contributed by atoms with Crippen molar-refractivity contribution in [2.24, 2.45) is 5.73 Å². The smallest absolute Gasteiger partial charge is 0.00488 e. The van der Waals surface area contributed by atoms with Crippen LogP contribution in [0.4, 0.5) is 0 Å².